The maximum Gasteiger partial charge on any atom is 0.0560 e. The first kappa shape index (κ1) is 29.2. The Bertz CT molecular complexity index is 2400. The lowest BCUT2D eigenvalue weighted by atomic mass is 9.78. The summed E-state index contributed by atoms with van der Waals surface area (Å²) in [6.07, 6.45) is 12.2. The Labute approximate surface area is 272 Å². The van der Waals surface area contributed by atoms with E-state index in [0.717, 1.165) is 26.1 Å². The highest BCUT2D eigenvalue weighted by atomic mass is 16.5. The van der Waals surface area contributed by atoms with Crippen molar-refractivity contribution in [3.63, 3.8) is 0 Å². The Hall–Kier alpha value is -4.20. The third-order valence-electron chi connectivity index (χ3n) is 10.9. The molecule has 0 amide bonds. The molecule has 1 aliphatic carbocycles. The summed E-state index contributed by atoms with van der Waals surface area (Å²) in [4.78, 5) is 0. The fourth-order valence-electron chi connectivity index (χ4n) is 7.81. The van der Waals surface area contributed by atoms with Gasteiger partial charge in [0, 0.05) is 12.0 Å². The van der Waals surface area contributed by atoms with E-state index in [9.17, 15) is 0 Å². The molecular weight excluding hydrogens is 556 g/mol. The molecule has 230 valence electrons. The van der Waals surface area contributed by atoms with Gasteiger partial charge in [0.05, 0.1) is 6.61 Å². The lowest BCUT2D eigenvalue weighted by molar-refractivity contribution is 0.0475. The van der Waals surface area contributed by atoms with Gasteiger partial charge in [0.1, 0.15) is 0 Å². The van der Waals surface area contributed by atoms with Crippen LogP contribution in [0.5, 0.6) is 0 Å². The van der Waals surface area contributed by atoms with Gasteiger partial charge in [-0.15, -0.1) is 0 Å². The number of unbranched alkanes of at least 4 members (excludes halogenated alkanes) is 1. The molecule has 1 nitrogen and oxygen atoms in total. The summed E-state index contributed by atoms with van der Waals surface area (Å²) in [5.74, 6) is 0.680. The van der Waals surface area contributed by atoms with E-state index < -0.39 is 0 Å². The second-order valence-corrected chi connectivity index (χ2v) is 14.0. The van der Waals surface area contributed by atoms with Crippen LogP contribution >= 0.6 is 0 Å². The van der Waals surface area contributed by atoms with Gasteiger partial charge in [0.15, 0.2) is 0 Å². The predicted molar refractivity (Wildman–Crippen MR) is 201 cm³/mol. The summed E-state index contributed by atoms with van der Waals surface area (Å²) < 4.78 is 6.44. The molecule has 0 spiro atoms. The predicted octanol–water partition coefficient (Wildman–Crippen LogP) is 11.2. The molecule has 0 aromatic heterocycles. The molecule has 2 unspecified atom stereocenters. The van der Waals surface area contributed by atoms with E-state index in [4.69, 9.17) is 4.74 Å². The van der Waals surface area contributed by atoms with Crippen molar-refractivity contribution in [2.24, 2.45) is 11.3 Å². The van der Waals surface area contributed by atoms with Gasteiger partial charge < -0.3 is 4.74 Å². The van der Waals surface area contributed by atoms with Gasteiger partial charge in [-0.25, -0.2) is 0 Å². The fraction of sp³-hybridized carbons (Fsp3) is 0.289. The third-order valence-corrected chi connectivity index (χ3v) is 10.9. The van der Waals surface area contributed by atoms with E-state index in [2.05, 4.69) is 130 Å². The maximum atomic E-state index is 6.44. The first-order valence-electron chi connectivity index (χ1n) is 17.5. The van der Waals surface area contributed by atoms with E-state index >= 15 is 0 Å². The zero-order chi connectivity index (χ0) is 31.3. The van der Waals surface area contributed by atoms with Crippen LogP contribution in [-0.2, 0) is 4.74 Å². The number of ether oxygens (including phenoxy) is 1. The minimum atomic E-state index is 0.0777. The molecule has 46 heavy (non-hydrogen) atoms. The maximum absolute atomic E-state index is 6.44. The average molecular weight is 601 g/mol. The van der Waals surface area contributed by atoms with Crippen molar-refractivity contribution in [2.45, 2.75) is 59.3 Å². The molecule has 0 saturated carbocycles. The first-order chi connectivity index (χ1) is 22.5. The number of hydrogen-bond acceptors (Lipinski definition) is 1. The van der Waals surface area contributed by atoms with E-state index in [-0.39, 0.29) is 5.41 Å². The molecule has 2 atom stereocenters. The molecule has 0 bridgehead atoms. The van der Waals surface area contributed by atoms with E-state index in [0.29, 0.717) is 5.92 Å². The van der Waals surface area contributed by atoms with E-state index in [1.165, 1.54) is 101 Å². The van der Waals surface area contributed by atoms with Crippen LogP contribution in [0.3, 0.4) is 0 Å². The van der Waals surface area contributed by atoms with Crippen LogP contribution in [0.25, 0.3) is 76.8 Å². The normalized spacial score (nSPS) is 17.1. The van der Waals surface area contributed by atoms with Gasteiger partial charge in [0.2, 0.25) is 0 Å². The lowest BCUT2D eigenvalue weighted by Crippen LogP contribution is -2.36. The molecule has 8 rings (SSSR count). The Kier molecular flexibility index (Phi) is 7.54. The minimum Gasteiger partial charge on any atom is -0.380 e. The molecule has 0 N–H and O–H groups in total. The van der Waals surface area contributed by atoms with Gasteiger partial charge in [-0.3, -0.25) is 0 Å². The largest absolute Gasteiger partial charge is 0.380 e. The quantitative estimate of drug-likeness (QED) is 0.150. The molecule has 0 fully saturated rings. The Morgan fingerprint density at radius 3 is 1.50 bits per heavy atom. The van der Waals surface area contributed by atoms with Gasteiger partial charge in [0.25, 0.3) is 0 Å². The van der Waals surface area contributed by atoms with Crippen LogP contribution in [0.2, 0.25) is 0 Å². The van der Waals surface area contributed by atoms with Crippen molar-refractivity contribution in [3.8, 4) is 0 Å². The molecule has 1 aliphatic rings. The minimum absolute atomic E-state index is 0.0777. The first-order valence-corrected chi connectivity index (χ1v) is 17.5. The SMILES string of the molecule is CCCCC(CC)COCC1(CC)C=c2cc3cc4cc5cc6cc7cc8ccccc8cc7cc6cc5cc4cc3cc2=CC1. The number of fused-ring (bicyclic) bond motifs is 7. The summed E-state index contributed by atoms with van der Waals surface area (Å²) in [5, 5.41) is 18.3. The molecule has 7 aromatic rings. The van der Waals surface area contributed by atoms with Crippen molar-refractivity contribution >= 4 is 76.8 Å². The van der Waals surface area contributed by atoms with Crippen molar-refractivity contribution in [1.29, 1.82) is 0 Å². The molecule has 0 heterocycles. The van der Waals surface area contributed by atoms with Crippen LogP contribution in [0.1, 0.15) is 59.3 Å². The van der Waals surface area contributed by atoms with Crippen LogP contribution in [0, 0.1) is 11.3 Å². The zero-order valence-corrected chi connectivity index (χ0v) is 27.5. The molecule has 0 radical (unpaired) electrons. The highest BCUT2D eigenvalue weighted by molar-refractivity contribution is 6.11. The van der Waals surface area contributed by atoms with E-state index in [1.54, 1.807) is 0 Å². The summed E-state index contributed by atoms with van der Waals surface area (Å²) in [6, 6.07) is 37.1. The second-order valence-electron chi connectivity index (χ2n) is 14.0. The van der Waals surface area contributed by atoms with Crippen LogP contribution in [0.15, 0.2) is 97.1 Å². The topological polar surface area (TPSA) is 9.23 Å². The molecular formula is C45H44O. The van der Waals surface area contributed by atoms with Crippen molar-refractivity contribution in [2.75, 3.05) is 13.2 Å². The Morgan fingerprint density at radius 1 is 0.587 bits per heavy atom. The second kappa shape index (κ2) is 11.9. The van der Waals surface area contributed by atoms with Crippen molar-refractivity contribution in [3.05, 3.63) is 107 Å². The molecule has 0 saturated heterocycles. The monoisotopic (exact) mass is 600 g/mol. The standard InChI is InChI=1S/C45H44O/c1-4-7-10-30(5-2)28-46-29-45(6-3)14-13-33-17-36-20-39-23-40-21-37-18-34-15-31-11-8-9-12-32(31)16-35(34)19-38(37)22-41(40)24-42(39)25-43(36)26-44(33)27-45/h8-9,11-13,15-27,30H,4-7,10,14,28-29H2,1-3H3. The number of benzene rings is 7. The number of hydrogen-bond donors (Lipinski definition) is 0. The van der Waals surface area contributed by atoms with Crippen LogP contribution in [-0.4, -0.2) is 13.2 Å². The number of rotatable bonds is 9. The summed E-state index contributed by atoms with van der Waals surface area (Å²) in [7, 11) is 0. The molecule has 1 heteroatoms. The van der Waals surface area contributed by atoms with Gasteiger partial charge in [-0.2, -0.15) is 0 Å². The third kappa shape index (κ3) is 5.35. The average Bonchev–Trinajstić information content (AvgIpc) is 3.07. The van der Waals surface area contributed by atoms with Crippen molar-refractivity contribution < 1.29 is 4.74 Å². The summed E-state index contributed by atoms with van der Waals surface area (Å²) in [5.41, 5.74) is 0.0777. The van der Waals surface area contributed by atoms with E-state index in [1.807, 2.05) is 0 Å². The Morgan fingerprint density at radius 2 is 1.04 bits per heavy atom. The Balaban J connectivity index is 1.16. The molecule has 7 aromatic carbocycles. The summed E-state index contributed by atoms with van der Waals surface area (Å²) in [6.45, 7) is 8.60. The summed E-state index contributed by atoms with van der Waals surface area (Å²) >= 11 is 0. The highest BCUT2D eigenvalue weighted by Gasteiger charge is 2.27. The lowest BCUT2D eigenvalue weighted by Gasteiger charge is -2.31. The smallest absolute Gasteiger partial charge is 0.0560 e. The fourth-order valence-corrected chi connectivity index (χ4v) is 7.81. The van der Waals surface area contributed by atoms with Gasteiger partial charge >= 0.3 is 0 Å². The van der Waals surface area contributed by atoms with Gasteiger partial charge in [-0.05, 0) is 173 Å². The van der Waals surface area contributed by atoms with Crippen LogP contribution < -0.4 is 10.4 Å². The van der Waals surface area contributed by atoms with Crippen LogP contribution in [0.4, 0.5) is 0 Å². The van der Waals surface area contributed by atoms with Crippen molar-refractivity contribution in [1.82, 2.24) is 0 Å². The van der Waals surface area contributed by atoms with Gasteiger partial charge in [-0.1, -0.05) is 76.5 Å². The molecule has 0 aliphatic heterocycles. The highest BCUT2D eigenvalue weighted by Crippen LogP contribution is 2.34. The zero-order valence-electron chi connectivity index (χ0n) is 27.5.